The van der Waals surface area contributed by atoms with Crippen LogP contribution < -0.4 is 0 Å². The number of carbonyl (C=O) groups excluding carboxylic acids is 1. The first kappa shape index (κ1) is 17.7. The topological polar surface area (TPSA) is 58.2 Å². The molecule has 0 spiro atoms. The van der Waals surface area contributed by atoms with Crippen molar-refractivity contribution in [2.45, 2.75) is 39.4 Å². The van der Waals surface area contributed by atoms with E-state index in [1.807, 2.05) is 36.1 Å². The zero-order chi connectivity index (χ0) is 18.8. The molecule has 1 fully saturated rings. The number of H-pyrrole nitrogens is 1. The average Bonchev–Trinajstić information content (AvgIpc) is 3.03. The molecule has 1 unspecified atom stereocenters. The molecule has 1 amide bonds. The predicted molar refractivity (Wildman–Crippen MR) is 106 cm³/mol. The number of rotatable bonds is 4. The second-order valence-electron chi connectivity index (χ2n) is 7.32. The minimum Gasteiger partial charge on any atom is -0.370 e. The second kappa shape index (κ2) is 7.53. The van der Waals surface area contributed by atoms with Gasteiger partial charge in [-0.3, -0.25) is 9.78 Å². The van der Waals surface area contributed by atoms with E-state index in [0.29, 0.717) is 18.8 Å². The lowest BCUT2D eigenvalue weighted by Gasteiger charge is -2.32. The Hall–Kier alpha value is -2.66. The number of aromatic nitrogens is 2. The number of benzene rings is 1. The number of amides is 1. The Labute approximate surface area is 159 Å². The summed E-state index contributed by atoms with van der Waals surface area (Å²) in [6.45, 7) is 5.97. The van der Waals surface area contributed by atoms with Crippen molar-refractivity contribution in [1.29, 1.82) is 0 Å². The molecule has 140 valence electrons. The number of ether oxygens (including phenoxy) is 1. The molecule has 1 aliphatic heterocycles. The molecule has 1 atom stereocenters. The highest BCUT2D eigenvalue weighted by atomic mass is 16.5. The first-order chi connectivity index (χ1) is 13.1. The van der Waals surface area contributed by atoms with Gasteiger partial charge in [0.05, 0.1) is 18.4 Å². The highest BCUT2D eigenvalue weighted by Crippen LogP contribution is 2.25. The minimum absolute atomic E-state index is 0.0524. The van der Waals surface area contributed by atoms with E-state index in [1.54, 1.807) is 6.20 Å². The number of carbonyl (C=O) groups is 1. The fourth-order valence-electron chi connectivity index (χ4n) is 3.76. The number of nitrogens with one attached hydrogen (secondary N) is 1. The number of piperidine rings is 1. The van der Waals surface area contributed by atoms with Crippen molar-refractivity contribution >= 4 is 16.8 Å². The van der Waals surface area contributed by atoms with Crippen LogP contribution in [0.1, 0.15) is 40.2 Å². The lowest BCUT2D eigenvalue weighted by atomic mass is 10.1. The summed E-state index contributed by atoms with van der Waals surface area (Å²) >= 11 is 0. The summed E-state index contributed by atoms with van der Waals surface area (Å²) in [4.78, 5) is 22.7. The van der Waals surface area contributed by atoms with E-state index in [2.05, 4.69) is 29.0 Å². The van der Waals surface area contributed by atoms with Gasteiger partial charge in [-0.1, -0.05) is 17.7 Å². The molecule has 0 saturated carbocycles. The summed E-state index contributed by atoms with van der Waals surface area (Å²) in [5.74, 6) is 0.0625. The summed E-state index contributed by atoms with van der Waals surface area (Å²) in [5.41, 5.74) is 4.85. The molecule has 27 heavy (non-hydrogen) atoms. The first-order valence-corrected chi connectivity index (χ1v) is 9.51. The molecule has 1 aliphatic rings. The van der Waals surface area contributed by atoms with Crippen molar-refractivity contribution in [2.24, 2.45) is 0 Å². The normalized spacial score (nSPS) is 17.4. The van der Waals surface area contributed by atoms with Crippen molar-refractivity contribution in [1.82, 2.24) is 14.9 Å². The number of hydrogen-bond donors (Lipinski definition) is 1. The van der Waals surface area contributed by atoms with Crippen LogP contribution in [-0.4, -0.2) is 40.0 Å². The van der Waals surface area contributed by atoms with E-state index in [4.69, 9.17) is 4.74 Å². The molecule has 3 aromatic rings. The number of nitrogens with zero attached hydrogens (tertiary/aromatic N) is 2. The monoisotopic (exact) mass is 363 g/mol. The van der Waals surface area contributed by atoms with Gasteiger partial charge in [0.2, 0.25) is 0 Å². The van der Waals surface area contributed by atoms with Crippen molar-refractivity contribution in [3.63, 3.8) is 0 Å². The van der Waals surface area contributed by atoms with Crippen molar-refractivity contribution < 1.29 is 9.53 Å². The van der Waals surface area contributed by atoms with Crippen LogP contribution in [-0.2, 0) is 11.3 Å². The Morgan fingerprint density at radius 2 is 2.19 bits per heavy atom. The third-order valence-corrected chi connectivity index (χ3v) is 5.29. The maximum atomic E-state index is 13.1. The molecule has 0 aliphatic carbocycles. The van der Waals surface area contributed by atoms with E-state index in [-0.39, 0.29) is 12.0 Å². The van der Waals surface area contributed by atoms with Crippen LogP contribution in [0, 0.1) is 13.8 Å². The molecule has 3 heterocycles. The van der Waals surface area contributed by atoms with Gasteiger partial charge in [-0.2, -0.15) is 0 Å². The fraction of sp³-hybridized carbons (Fsp3) is 0.364. The summed E-state index contributed by atoms with van der Waals surface area (Å²) in [5, 5.41) is 1.12. The van der Waals surface area contributed by atoms with E-state index in [9.17, 15) is 4.79 Å². The number of aromatic amines is 1. The fourth-order valence-corrected chi connectivity index (χ4v) is 3.76. The van der Waals surface area contributed by atoms with Crippen LogP contribution in [0.15, 0.2) is 42.6 Å². The van der Waals surface area contributed by atoms with Crippen LogP contribution in [0.2, 0.25) is 0 Å². The Balaban J connectivity index is 1.46. The van der Waals surface area contributed by atoms with Gasteiger partial charge in [-0.25, -0.2) is 0 Å². The molecule has 1 N–H and O–H groups in total. The molecular formula is C22H25N3O2. The molecule has 0 radical (unpaired) electrons. The third kappa shape index (κ3) is 3.74. The van der Waals surface area contributed by atoms with Crippen LogP contribution in [0.3, 0.4) is 0 Å². The molecule has 5 nitrogen and oxygen atoms in total. The molecule has 1 saturated heterocycles. The van der Waals surface area contributed by atoms with Crippen molar-refractivity contribution in [3.8, 4) is 0 Å². The molecular weight excluding hydrogens is 338 g/mol. The Morgan fingerprint density at radius 1 is 1.30 bits per heavy atom. The van der Waals surface area contributed by atoms with Crippen molar-refractivity contribution in [2.75, 3.05) is 13.1 Å². The van der Waals surface area contributed by atoms with E-state index < -0.39 is 0 Å². The zero-order valence-electron chi connectivity index (χ0n) is 15.9. The van der Waals surface area contributed by atoms with E-state index in [1.165, 1.54) is 5.56 Å². The number of hydrogen-bond acceptors (Lipinski definition) is 3. The number of likely N-dealkylation sites (tertiary alicyclic amines) is 1. The van der Waals surface area contributed by atoms with Gasteiger partial charge in [0.15, 0.2) is 0 Å². The second-order valence-corrected chi connectivity index (χ2v) is 7.32. The summed E-state index contributed by atoms with van der Waals surface area (Å²) < 4.78 is 6.02. The summed E-state index contributed by atoms with van der Waals surface area (Å²) in [6, 6.07) is 12.1. The SMILES string of the molecule is Cc1ccc2[nH]c(C(=O)N3CCCC(OCc4ccccn4)C3)c(C)c2c1. The third-order valence-electron chi connectivity index (χ3n) is 5.29. The summed E-state index contributed by atoms with van der Waals surface area (Å²) in [7, 11) is 0. The van der Waals surface area contributed by atoms with Crippen LogP contribution in [0.25, 0.3) is 10.9 Å². The lowest BCUT2D eigenvalue weighted by Crippen LogP contribution is -2.43. The lowest BCUT2D eigenvalue weighted by molar-refractivity contribution is -0.00800. The maximum absolute atomic E-state index is 13.1. The van der Waals surface area contributed by atoms with Gasteiger partial charge in [0.1, 0.15) is 5.69 Å². The standard InChI is InChI=1S/C22H25N3O2/c1-15-8-9-20-19(12-15)16(2)21(24-20)22(26)25-11-5-7-18(13-25)27-14-17-6-3-4-10-23-17/h3-4,6,8-10,12,18,24H,5,7,11,13-14H2,1-2H3. The zero-order valence-corrected chi connectivity index (χ0v) is 15.9. The molecule has 4 rings (SSSR count). The number of pyridine rings is 1. The quantitative estimate of drug-likeness (QED) is 0.762. The molecule has 1 aromatic carbocycles. The summed E-state index contributed by atoms with van der Waals surface area (Å²) in [6.07, 6.45) is 3.76. The minimum atomic E-state index is 0.0524. The largest absolute Gasteiger partial charge is 0.370 e. The molecule has 0 bridgehead atoms. The highest BCUT2D eigenvalue weighted by molar-refractivity contribution is 6.01. The van der Waals surface area contributed by atoms with Gasteiger partial charge in [0.25, 0.3) is 5.91 Å². The number of aryl methyl sites for hydroxylation is 2. The highest BCUT2D eigenvalue weighted by Gasteiger charge is 2.27. The van der Waals surface area contributed by atoms with Crippen LogP contribution in [0.5, 0.6) is 0 Å². The van der Waals surface area contributed by atoms with Gasteiger partial charge in [0, 0.05) is 30.2 Å². The van der Waals surface area contributed by atoms with E-state index >= 15 is 0 Å². The first-order valence-electron chi connectivity index (χ1n) is 9.51. The predicted octanol–water partition coefficient (Wildman–Crippen LogP) is 4.00. The Bertz CT molecular complexity index is 949. The van der Waals surface area contributed by atoms with Gasteiger partial charge in [-0.15, -0.1) is 0 Å². The van der Waals surface area contributed by atoms with Crippen LogP contribution in [0.4, 0.5) is 0 Å². The maximum Gasteiger partial charge on any atom is 0.270 e. The van der Waals surface area contributed by atoms with Gasteiger partial charge in [-0.05, 0) is 56.5 Å². The van der Waals surface area contributed by atoms with Crippen LogP contribution >= 0.6 is 0 Å². The van der Waals surface area contributed by atoms with Gasteiger partial charge >= 0.3 is 0 Å². The molecule has 5 heteroatoms. The Morgan fingerprint density at radius 3 is 3.00 bits per heavy atom. The average molecular weight is 363 g/mol. The number of fused-ring (bicyclic) bond motifs is 1. The van der Waals surface area contributed by atoms with Gasteiger partial charge < -0.3 is 14.6 Å². The van der Waals surface area contributed by atoms with Crippen molar-refractivity contribution in [3.05, 3.63) is 65.1 Å². The molecule has 2 aromatic heterocycles. The van der Waals surface area contributed by atoms with E-state index in [0.717, 1.165) is 41.5 Å². The smallest absolute Gasteiger partial charge is 0.270 e. The Kier molecular flexibility index (Phi) is 4.94.